The van der Waals surface area contributed by atoms with Crippen molar-refractivity contribution in [3.63, 3.8) is 0 Å². The summed E-state index contributed by atoms with van der Waals surface area (Å²) in [4.78, 5) is 25.0. The fourth-order valence-corrected chi connectivity index (χ4v) is 2.36. The molecule has 0 unspecified atom stereocenters. The Labute approximate surface area is 137 Å². The number of aromatic amines is 1. The van der Waals surface area contributed by atoms with Crippen molar-refractivity contribution in [1.29, 1.82) is 0 Å². The highest BCUT2D eigenvalue weighted by Gasteiger charge is 2.26. The second-order valence-corrected chi connectivity index (χ2v) is 6.66. The number of aromatic nitrogens is 2. The number of rotatable bonds is 11. The number of aliphatic hydroxyl groups excluding tert-OH is 1. The number of aliphatic hydroxyl groups is 1. The maximum atomic E-state index is 11.9. The van der Waals surface area contributed by atoms with Crippen LogP contribution in [0.25, 0.3) is 0 Å². The fraction of sp³-hybridized carbons (Fsp3) is 0.667. The first-order valence-corrected chi connectivity index (χ1v) is 8.50. The second-order valence-electron chi connectivity index (χ2n) is 4.45. The van der Waals surface area contributed by atoms with Crippen LogP contribution >= 0.6 is 7.60 Å². The van der Waals surface area contributed by atoms with Crippen LogP contribution in [0.3, 0.4) is 0 Å². The van der Waals surface area contributed by atoms with Gasteiger partial charge in [-0.2, -0.15) is 0 Å². The Morgan fingerprint density at radius 1 is 1.29 bits per heavy atom. The van der Waals surface area contributed by atoms with Crippen LogP contribution in [0.2, 0.25) is 0 Å². The third kappa shape index (κ3) is 5.95. The zero-order valence-corrected chi connectivity index (χ0v) is 14.4. The molecule has 0 aliphatic carbocycles. The van der Waals surface area contributed by atoms with E-state index in [9.17, 15) is 19.3 Å². The Bertz CT molecular complexity index is 650. The molecule has 0 amide bonds. The molecule has 0 bridgehead atoms. The highest BCUT2D eigenvalue weighted by atomic mass is 31.2. The Hall–Kier alpha value is -1.33. The number of ether oxygens (including phenoxy) is 3. The molecule has 1 rings (SSSR count). The van der Waals surface area contributed by atoms with Gasteiger partial charge in [-0.25, -0.2) is 4.79 Å². The van der Waals surface area contributed by atoms with Crippen molar-refractivity contribution in [1.82, 2.24) is 9.55 Å². The smallest absolute Gasteiger partial charge is 0.355 e. The minimum absolute atomic E-state index is 0.0714. The molecule has 0 aromatic carbocycles. The van der Waals surface area contributed by atoms with Crippen LogP contribution in [-0.2, 0) is 27.8 Å². The van der Waals surface area contributed by atoms with E-state index in [-0.39, 0.29) is 6.61 Å². The lowest BCUT2D eigenvalue weighted by atomic mass is 10.5. The van der Waals surface area contributed by atoms with Crippen molar-refractivity contribution in [2.24, 2.45) is 0 Å². The molecule has 0 spiro atoms. The number of hydrogen-bond acceptors (Lipinski definition) is 9. The predicted molar refractivity (Wildman–Crippen MR) is 81.8 cm³/mol. The average Bonchev–Trinajstić information content (AvgIpc) is 2.57. The van der Waals surface area contributed by atoms with E-state index in [1.807, 2.05) is 0 Å². The van der Waals surface area contributed by atoms with E-state index in [1.54, 1.807) is 0 Å². The normalized spacial score (nSPS) is 14.5. The highest BCUT2D eigenvalue weighted by Crippen LogP contribution is 2.46. The zero-order valence-electron chi connectivity index (χ0n) is 13.5. The van der Waals surface area contributed by atoms with E-state index in [2.05, 4.69) is 4.98 Å². The summed E-state index contributed by atoms with van der Waals surface area (Å²) < 4.78 is 38.0. The molecule has 138 valence electrons. The minimum atomic E-state index is -3.46. The number of H-pyrrole nitrogens is 1. The van der Waals surface area contributed by atoms with Gasteiger partial charge in [-0.05, 0) is 0 Å². The number of methoxy groups -OCH3 is 1. The summed E-state index contributed by atoms with van der Waals surface area (Å²) in [5, 5.41) is 9.34. The van der Waals surface area contributed by atoms with Gasteiger partial charge in [0.1, 0.15) is 0 Å². The van der Waals surface area contributed by atoms with E-state index < -0.39 is 44.3 Å². The van der Waals surface area contributed by atoms with Crippen LogP contribution in [0.15, 0.2) is 21.9 Å². The van der Waals surface area contributed by atoms with Gasteiger partial charge in [-0.3, -0.25) is 18.9 Å². The number of nitrogens with zero attached hydrogens (tertiary/aromatic N) is 1. The Morgan fingerprint density at radius 2 is 1.96 bits per heavy atom. The fourth-order valence-electron chi connectivity index (χ4n) is 1.65. The summed E-state index contributed by atoms with van der Waals surface area (Å²) in [6.45, 7) is -0.663. The first kappa shape index (κ1) is 20.7. The van der Waals surface area contributed by atoms with Gasteiger partial charge in [0.15, 0.2) is 18.9 Å². The van der Waals surface area contributed by atoms with Crippen molar-refractivity contribution in [3.05, 3.63) is 33.1 Å². The quantitative estimate of drug-likeness (QED) is 0.390. The van der Waals surface area contributed by atoms with E-state index >= 15 is 0 Å². The Kier molecular flexibility index (Phi) is 8.50. The largest absolute Gasteiger partial charge is 0.391 e. The van der Waals surface area contributed by atoms with Crippen LogP contribution in [0.5, 0.6) is 0 Å². The molecule has 0 aliphatic heterocycles. The molecule has 1 heterocycles. The molecule has 12 heteroatoms. The maximum Gasteiger partial charge on any atom is 0.355 e. The SMILES string of the molecule is COC[C@@H](O[C@H](CO)OCP(=O)(OC)OC)n1ccc(=O)[nH]c1=O. The van der Waals surface area contributed by atoms with Crippen molar-refractivity contribution in [2.45, 2.75) is 12.5 Å². The standard InChI is InChI=1S/C12H21N2O9P/c1-19-7-10(14-5-4-9(16)13-12(14)17)23-11(6-15)22-8-24(18,20-2)21-3/h4-5,10-11,15H,6-8H2,1-3H3,(H,13,16,17)/t10-,11-/m1/s1. The van der Waals surface area contributed by atoms with Crippen molar-refractivity contribution >= 4 is 7.60 Å². The van der Waals surface area contributed by atoms with E-state index in [0.29, 0.717) is 0 Å². The van der Waals surface area contributed by atoms with E-state index in [0.717, 1.165) is 10.6 Å². The summed E-state index contributed by atoms with van der Waals surface area (Å²) >= 11 is 0. The van der Waals surface area contributed by atoms with Crippen LogP contribution in [0.4, 0.5) is 0 Å². The lowest BCUT2D eigenvalue weighted by Crippen LogP contribution is -2.37. The van der Waals surface area contributed by atoms with E-state index in [1.165, 1.54) is 27.5 Å². The third-order valence-electron chi connectivity index (χ3n) is 2.90. The lowest BCUT2D eigenvalue weighted by Gasteiger charge is -2.25. The van der Waals surface area contributed by atoms with Gasteiger partial charge in [-0.1, -0.05) is 0 Å². The second kappa shape index (κ2) is 9.84. The average molecular weight is 368 g/mol. The molecule has 0 radical (unpaired) electrons. The first-order valence-electron chi connectivity index (χ1n) is 6.78. The lowest BCUT2D eigenvalue weighted by molar-refractivity contribution is -0.210. The van der Waals surface area contributed by atoms with Crippen LogP contribution in [0, 0.1) is 0 Å². The predicted octanol–water partition coefficient (Wildman–Crippen LogP) is -0.523. The van der Waals surface area contributed by atoms with Gasteiger partial charge in [0.25, 0.3) is 5.56 Å². The van der Waals surface area contributed by atoms with Gasteiger partial charge in [0, 0.05) is 33.6 Å². The summed E-state index contributed by atoms with van der Waals surface area (Å²) in [5.74, 6) is 0. The Balaban J connectivity index is 2.86. The van der Waals surface area contributed by atoms with Crippen molar-refractivity contribution < 1.29 is 32.9 Å². The molecule has 2 N–H and O–H groups in total. The monoisotopic (exact) mass is 368 g/mol. The van der Waals surface area contributed by atoms with Crippen molar-refractivity contribution in [2.75, 3.05) is 40.9 Å². The molecule has 0 saturated carbocycles. The number of hydrogen-bond donors (Lipinski definition) is 2. The van der Waals surface area contributed by atoms with Gasteiger partial charge >= 0.3 is 13.3 Å². The van der Waals surface area contributed by atoms with Crippen LogP contribution in [-0.4, -0.2) is 61.8 Å². The highest BCUT2D eigenvalue weighted by molar-refractivity contribution is 7.53. The summed E-state index contributed by atoms with van der Waals surface area (Å²) in [7, 11) is 0.306. The molecule has 0 fully saturated rings. The third-order valence-corrected chi connectivity index (χ3v) is 4.48. The summed E-state index contributed by atoms with van der Waals surface area (Å²) in [6.07, 6.45) is -1.48. The molecule has 1 aromatic heterocycles. The summed E-state index contributed by atoms with van der Waals surface area (Å²) in [6, 6.07) is 1.13. The molecular formula is C12H21N2O9P. The molecule has 2 atom stereocenters. The molecule has 24 heavy (non-hydrogen) atoms. The van der Waals surface area contributed by atoms with Crippen LogP contribution in [0.1, 0.15) is 6.23 Å². The molecule has 1 aromatic rings. The molecule has 0 saturated heterocycles. The summed E-state index contributed by atoms with van der Waals surface area (Å²) in [5.41, 5.74) is -1.29. The van der Waals surface area contributed by atoms with E-state index in [4.69, 9.17) is 23.3 Å². The molecule has 0 aliphatic rings. The van der Waals surface area contributed by atoms with Gasteiger partial charge in [0.2, 0.25) is 0 Å². The van der Waals surface area contributed by atoms with Gasteiger partial charge in [0.05, 0.1) is 13.2 Å². The Morgan fingerprint density at radius 3 is 2.46 bits per heavy atom. The topological polar surface area (TPSA) is 138 Å². The molecular weight excluding hydrogens is 347 g/mol. The van der Waals surface area contributed by atoms with Crippen molar-refractivity contribution in [3.8, 4) is 0 Å². The van der Waals surface area contributed by atoms with Gasteiger partial charge < -0.3 is 28.4 Å². The molecule has 11 nitrogen and oxygen atoms in total. The maximum absolute atomic E-state index is 11.9. The minimum Gasteiger partial charge on any atom is -0.391 e. The zero-order chi connectivity index (χ0) is 18.2. The van der Waals surface area contributed by atoms with Crippen LogP contribution < -0.4 is 11.2 Å². The van der Waals surface area contributed by atoms with Gasteiger partial charge in [-0.15, -0.1) is 0 Å². The first-order chi connectivity index (χ1) is 11.4. The number of nitrogens with one attached hydrogen (secondary N) is 1.